The van der Waals surface area contributed by atoms with Gasteiger partial charge < -0.3 is 9.47 Å². The predicted octanol–water partition coefficient (Wildman–Crippen LogP) is 6.87. The van der Waals surface area contributed by atoms with Crippen molar-refractivity contribution in [3.63, 3.8) is 0 Å². The smallest absolute Gasteiger partial charge is 0.337 e. The summed E-state index contributed by atoms with van der Waals surface area (Å²) in [5.74, 6) is 0.906. The fraction of sp³-hybridized carbons (Fsp3) is 0.423. The molecule has 0 radical (unpaired) electrons. The Labute approximate surface area is 194 Å². The Bertz CT molecular complexity index is 1000. The molecule has 0 N–H and O–H groups in total. The number of rotatable bonds is 5. The Morgan fingerprint density at radius 2 is 1.67 bits per heavy atom. The molecule has 30 heavy (non-hydrogen) atoms. The van der Waals surface area contributed by atoms with E-state index in [0.717, 1.165) is 3.57 Å². The van der Waals surface area contributed by atoms with Gasteiger partial charge in [-0.3, -0.25) is 0 Å². The lowest BCUT2D eigenvalue weighted by Crippen LogP contribution is -2.34. The van der Waals surface area contributed by atoms with Crippen molar-refractivity contribution in [1.82, 2.24) is 0 Å². The molecule has 0 unspecified atom stereocenters. The molecule has 0 fully saturated rings. The summed E-state index contributed by atoms with van der Waals surface area (Å²) in [5, 5.41) is 0. The van der Waals surface area contributed by atoms with Crippen molar-refractivity contribution in [2.45, 2.75) is 64.7 Å². The van der Waals surface area contributed by atoms with E-state index in [1.165, 1.54) is 42.2 Å². The molecule has 1 aliphatic rings. The van der Waals surface area contributed by atoms with Gasteiger partial charge in [0.2, 0.25) is 0 Å². The molecule has 0 heterocycles. The summed E-state index contributed by atoms with van der Waals surface area (Å²) in [6.45, 7) is 15.7. The zero-order chi connectivity index (χ0) is 22.3. The molecule has 1 aliphatic carbocycles. The topological polar surface area (TPSA) is 35.5 Å². The van der Waals surface area contributed by atoms with E-state index < -0.39 is 0 Å². The van der Waals surface area contributed by atoms with Crippen molar-refractivity contribution in [2.24, 2.45) is 0 Å². The largest absolute Gasteiger partial charge is 0.465 e. The molecule has 160 valence electrons. The van der Waals surface area contributed by atoms with Crippen LogP contribution < -0.4 is 4.74 Å². The van der Waals surface area contributed by atoms with E-state index >= 15 is 0 Å². The average molecular weight is 518 g/mol. The zero-order valence-electron chi connectivity index (χ0n) is 18.8. The van der Waals surface area contributed by atoms with Crippen LogP contribution in [0.25, 0.3) is 0 Å². The molecule has 2 aromatic carbocycles. The molecule has 3 nitrogen and oxygen atoms in total. The predicted molar refractivity (Wildman–Crippen MR) is 130 cm³/mol. The van der Waals surface area contributed by atoms with E-state index in [-0.39, 0.29) is 16.8 Å². The molecule has 0 aromatic heterocycles. The highest BCUT2D eigenvalue weighted by molar-refractivity contribution is 14.1. The van der Waals surface area contributed by atoms with Gasteiger partial charge in [0, 0.05) is 6.42 Å². The summed E-state index contributed by atoms with van der Waals surface area (Å²) in [5.41, 5.74) is 6.24. The van der Waals surface area contributed by atoms with Crippen LogP contribution in [0.15, 0.2) is 42.7 Å². The monoisotopic (exact) mass is 518 g/mol. The third-order valence-corrected chi connectivity index (χ3v) is 7.19. The summed E-state index contributed by atoms with van der Waals surface area (Å²) in [7, 11) is 1.38. The number of methoxy groups -OCH3 is 1. The van der Waals surface area contributed by atoms with Crippen molar-refractivity contribution in [3.8, 4) is 5.75 Å². The lowest BCUT2D eigenvalue weighted by atomic mass is 9.62. The first-order valence-electron chi connectivity index (χ1n) is 10.3. The lowest BCUT2D eigenvalue weighted by molar-refractivity contribution is 0.0600. The van der Waals surface area contributed by atoms with Crippen LogP contribution in [0.1, 0.15) is 73.1 Å². The number of carbonyl (C=O) groups is 1. The minimum absolute atomic E-state index is 0.166. The van der Waals surface area contributed by atoms with E-state index in [0.29, 0.717) is 23.5 Å². The van der Waals surface area contributed by atoms with Gasteiger partial charge in [0.05, 0.1) is 16.2 Å². The van der Waals surface area contributed by atoms with Crippen LogP contribution in [-0.2, 0) is 22.0 Å². The number of allylic oxidation sites excluding steroid dienone is 1. The first kappa shape index (κ1) is 22.9. The number of ether oxygens (including phenoxy) is 2. The zero-order valence-corrected chi connectivity index (χ0v) is 21.0. The number of halogens is 1. The van der Waals surface area contributed by atoms with Crippen LogP contribution in [0.4, 0.5) is 0 Å². The van der Waals surface area contributed by atoms with Crippen molar-refractivity contribution in [1.29, 1.82) is 0 Å². The van der Waals surface area contributed by atoms with Gasteiger partial charge >= 0.3 is 5.97 Å². The van der Waals surface area contributed by atoms with Crippen molar-refractivity contribution in [2.75, 3.05) is 7.11 Å². The summed E-state index contributed by atoms with van der Waals surface area (Å²) >= 11 is 2.20. The highest BCUT2D eigenvalue weighted by Crippen LogP contribution is 2.46. The van der Waals surface area contributed by atoms with Gasteiger partial charge in [-0.1, -0.05) is 46.4 Å². The van der Waals surface area contributed by atoms with Gasteiger partial charge in [0.15, 0.2) is 0 Å². The number of esters is 1. The number of hydrogen-bond donors (Lipinski definition) is 0. The molecular formula is C26H31IO3. The number of benzene rings is 2. The van der Waals surface area contributed by atoms with Gasteiger partial charge in [0.25, 0.3) is 0 Å². The number of hydrogen-bond acceptors (Lipinski definition) is 3. The first-order chi connectivity index (χ1) is 13.9. The number of aryl methyl sites for hydroxylation is 1. The van der Waals surface area contributed by atoms with Crippen molar-refractivity contribution in [3.05, 3.63) is 74.1 Å². The highest BCUT2D eigenvalue weighted by atomic mass is 127. The summed E-state index contributed by atoms with van der Waals surface area (Å²) in [4.78, 5) is 11.8. The maximum Gasteiger partial charge on any atom is 0.337 e. The third kappa shape index (κ3) is 4.58. The number of fused-ring (bicyclic) bond motifs is 1. The van der Waals surface area contributed by atoms with Gasteiger partial charge in [-0.15, -0.1) is 0 Å². The Morgan fingerprint density at radius 3 is 2.27 bits per heavy atom. The van der Waals surface area contributed by atoms with Crippen LogP contribution in [0.2, 0.25) is 0 Å². The van der Waals surface area contributed by atoms with E-state index in [2.05, 4.69) is 75.9 Å². The Kier molecular flexibility index (Phi) is 6.38. The van der Waals surface area contributed by atoms with Crippen LogP contribution in [0.5, 0.6) is 5.75 Å². The molecule has 3 rings (SSSR count). The van der Waals surface area contributed by atoms with E-state index in [1.54, 1.807) is 12.1 Å². The molecule has 0 spiro atoms. The second kappa shape index (κ2) is 8.37. The second-order valence-electron chi connectivity index (χ2n) is 9.55. The van der Waals surface area contributed by atoms with Gasteiger partial charge in [0.1, 0.15) is 11.5 Å². The van der Waals surface area contributed by atoms with E-state index in [4.69, 9.17) is 9.47 Å². The molecular weight excluding hydrogens is 487 g/mol. The van der Waals surface area contributed by atoms with Crippen molar-refractivity contribution >= 4 is 28.6 Å². The molecule has 0 saturated heterocycles. The normalized spacial score (nSPS) is 16.5. The fourth-order valence-electron chi connectivity index (χ4n) is 4.19. The molecule has 0 atom stereocenters. The molecule has 0 saturated carbocycles. The fourth-order valence-corrected chi connectivity index (χ4v) is 4.63. The Morgan fingerprint density at radius 1 is 1.07 bits per heavy atom. The van der Waals surface area contributed by atoms with Crippen LogP contribution in [0.3, 0.4) is 0 Å². The SMILES string of the molecule is C=C(Cc1cc2c(cc1C)C(C)(C)CCC2(C)C)Oc1cc(C(=O)OC)ccc1I. The Balaban J connectivity index is 1.87. The summed E-state index contributed by atoms with van der Waals surface area (Å²) in [6.07, 6.45) is 3.02. The van der Waals surface area contributed by atoms with Gasteiger partial charge in [-0.2, -0.15) is 0 Å². The Hall–Kier alpha value is -1.82. The maximum absolute atomic E-state index is 11.8. The van der Waals surface area contributed by atoms with Gasteiger partial charge in [-0.25, -0.2) is 4.79 Å². The third-order valence-electron chi connectivity index (χ3n) is 6.30. The standard InChI is InChI=1S/C26H31IO3/c1-16-12-20-21(26(5,6)11-10-25(20,3)4)14-19(16)13-17(2)30-23-15-18(24(28)29-7)8-9-22(23)27/h8-9,12,14-15H,2,10-11,13H2,1,3-7H3. The quantitative estimate of drug-likeness (QED) is 0.246. The minimum atomic E-state index is -0.378. The molecule has 0 bridgehead atoms. The second-order valence-corrected chi connectivity index (χ2v) is 10.7. The van der Waals surface area contributed by atoms with Crippen LogP contribution in [0, 0.1) is 10.5 Å². The molecule has 0 amide bonds. The van der Waals surface area contributed by atoms with Crippen LogP contribution in [-0.4, -0.2) is 13.1 Å². The first-order valence-corrected chi connectivity index (χ1v) is 11.4. The van der Waals surface area contributed by atoms with Crippen LogP contribution >= 0.6 is 22.6 Å². The maximum atomic E-state index is 11.8. The number of carbonyl (C=O) groups excluding carboxylic acids is 1. The van der Waals surface area contributed by atoms with Gasteiger partial charge in [-0.05, 0) is 93.6 Å². The van der Waals surface area contributed by atoms with E-state index in [9.17, 15) is 4.79 Å². The minimum Gasteiger partial charge on any atom is -0.465 e. The summed E-state index contributed by atoms with van der Waals surface area (Å²) in [6, 6.07) is 10.0. The van der Waals surface area contributed by atoms with Crippen molar-refractivity contribution < 1.29 is 14.3 Å². The highest BCUT2D eigenvalue weighted by Gasteiger charge is 2.37. The van der Waals surface area contributed by atoms with E-state index in [1.807, 2.05) is 6.07 Å². The summed E-state index contributed by atoms with van der Waals surface area (Å²) < 4.78 is 11.8. The average Bonchev–Trinajstić information content (AvgIpc) is 2.68. The molecule has 2 aromatic rings. The molecule has 0 aliphatic heterocycles. The molecule has 4 heteroatoms. The lowest BCUT2D eigenvalue weighted by Gasteiger charge is -2.42.